The number of hydrogen-bond acceptors (Lipinski definition) is 5. The topological polar surface area (TPSA) is 42.7 Å². The summed E-state index contributed by atoms with van der Waals surface area (Å²) in [4.78, 5) is 4.83. The van der Waals surface area contributed by atoms with Gasteiger partial charge in [-0.15, -0.1) is 11.3 Å². The number of aromatic nitrogens is 3. The summed E-state index contributed by atoms with van der Waals surface area (Å²) in [7, 11) is 1.98. The van der Waals surface area contributed by atoms with Crippen molar-refractivity contribution in [2.24, 2.45) is 7.05 Å². The number of nitrogens with one attached hydrogen (secondary N) is 1. The van der Waals surface area contributed by atoms with Crippen LogP contribution in [-0.4, -0.2) is 32.8 Å². The summed E-state index contributed by atoms with van der Waals surface area (Å²) in [6.07, 6.45) is 0. The van der Waals surface area contributed by atoms with Gasteiger partial charge < -0.3 is 5.32 Å². The van der Waals surface area contributed by atoms with E-state index in [9.17, 15) is 0 Å². The van der Waals surface area contributed by atoms with Crippen molar-refractivity contribution in [3.05, 3.63) is 21.8 Å². The van der Waals surface area contributed by atoms with Gasteiger partial charge in [0.05, 0.1) is 17.4 Å². The van der Waals surface area contributed by atoms with Gasteiger partial charge in [-0.1, -0.05) is 0 Å². The van der Waals surface area contributed by atoms with Crippen LogP contribution in [0.25, 0.3) is 11.3 Å². The summed E-state index contributed by atoms with van der Waals surface area (Å²) in [6, 6.07) is 0.412. The third-order valence-electron chi connectivity index (χ3n) is 3.51. The van der Waals surface area contributed by atoms with Crippen LogP contribution < -0.4 is 5.32 Å². The molecule has 0 saturated carbocycles. The van der Waals surface area contributed by atoms with E-state index in [-0.39, 0.29) is 0 Å². The van der Waals surface area contributed by atoms with E-state index in [0.717, 1.165) is 23.7 Å². The largest absolute Gasteiger partial charge is 0.306 e. The molecular weight excluding hydrogens is 276 g/mol. The van der Waals surface area contributed by atoms with Gasteiger partial charge in [-0.25, -0.2) is 4.98 Å². The first-order valence-corrected chi connectivity index (χ1v) is 8.47. The lowest BCUT2D eigenvalue weighted by Crippen LogP contribution is -2.30. The molecule has 1 fully saturated rings. The highest BCUT2D eigenvalue weighted by atomic mass is 32.2. The van der Waals surface area contributed by atoms with E-state index < -0.39 is 0 Å². The van der Waals surface area contributed by atoms with Gasteiger partial charge >= 0.3 is 0 Å². The predicted octanol–water partition coefficient (Wildman–Crippen LogP) is 2.54. The molecule has 4 nitrogen and oxygen atoms in total. The lowest BCUT2D eigenvalue weighted by Gasteiger charge is -2.20. The molecule has 0 aliphatic carbocycles. The fourth-order valence-electron chi connectivity index (χ4n) is 2.43. The Bertz CT molecular complexity index is 581. The third kappa shape index (κ3) is 2.44. The van der Waals surface area contributed by atoms with Gasteiger partial charge in [0.25, 0.3) is 0 Å². The van der Waals surface area contributed by atoms with Gasteiger partial charge in [-0.3, -0.25) is 4.68 Å². The zero-order valence-electron chi connectivity index (χ0n) is 11.4. The maximum Gasteiger partial charge on any atom is 0.111 e. The van der Waals surface area contributed by atoms with Crippen LogP contribution in [0, 0.1) is 13.8 Å². The zero-order valence-corrected chi connectivity index (χ0v) is 13.1. The molecule has 1 saturated heterocycles. The summed E-state index contributed by atoms with van der Waals surface area (Å²) < 4.78 is 1.93. The standard InChI is InChI=1S/C13H18N4S2/c1-8-12(9(2)17(3)16-8)10-7-19-13(15-10)11-6-18-5-4-14-11/h7,11,14H,4-6H2,1-3H3. The number of thiazole rings is 1. The van der Waals surface area contributed by atoms with E-state index in [1.165, 1.54) is 22.0 Å². The Morgan fingerprint density at radius 1 is 1.42 bits per heavy atom. The average Bonchev–Trinajstić information content (AvgIpc) is 2.97. The molecule has 2 aromatic rings. The highest BCUT2D eigenvalue weighted by Crippen LogP contribution is 2.31. The van der Waals surface area contributed by atoms with Gasteiger partial charge in [-0.2, -0.15) is 16.9 Å². The first-order valence-electron chi connectivity index (χ1n) is 6.44. The highest BCUT2D eigenvalue weighted by Gasteiger charge is 2.20. The molecule has 1 N–H and O–H groups in total. The van der Waals surface area contributed by atoms with E-state index in [2.05, 4.69) is 29.6 Å². The molecule has 2 aromatic heterocycles. The first-order chi connectivity index (χ1) is 9.16. The monoisotopic (exact) mass is 294 g/mol. The Morgan fingerprint density at radius 2 is 2.26 bits per heavy atom. The Morgan fingerprint density at radius 3 is 2.89 bits per heavy atom. The minimum Gasteiger partial charge on any atom is -0.306 e. The highest BCUT2D eigenvalue weighted by molar-refractivity contribution is 7.99. The van der Waals surface area contributed by atoms with Crippen molar-refractivity contribution in [1.82, 2.24) is 20.1 Å². The molecule has 1 aliphatic heterocycles. The van der Waals surface area contributed by atoms with Crippen molar-refractivity contribution in [1.29, 1.82) is 0 Å². The lowest BCUT2D eigenvalue weighted by molar-refractivity contribution is 0.592. The summed E-state index contributed by atoms with van der Waals surface area (Å²) in [6.45, 7) is 5.23. The van der Waals surface area contributed by atoms with Crippen molar-refractivity contribution in [3.63, 3.8) is 0 Å². The smallest absolute Gasteiger partial charge is 0.111 e. The molecule has 1 unspecified atom stereocenters. The van der Waals surface area contributed by atoms with Crippen molar-refractivity contribution in [2.75, 3.05) is 18.1 Å². The Balaban J connectivity index is 1.92. The van der Waals surface area contributed by atoms with E-state index >= 15 is 0 Å². The van der Waals surface area contributed by atoms with Crippen LogP contribution in [0.1, 0.15) is 22.4 Å². The predicted molar refractivity (Wildman–Crippen MR) is 81.9 cm³/mol. The van der Waals surface area contributed by atoms with Gasteiger partial charge in [0.15, 0.2) is 0 Å². The van der Waals surface area contributed by atoms with Crippen molar-refractivity contribution >= 4 is 23.1 Å². The lowest BCUT2D eigenvalue weighted by atomic mass is 10.1. The Hall–Kier alpha value is -0.850. The molecule has 0 bridgehead atoms. The molecule has 6 heteroatoms. The summed E-state index contributed by atoms with van der Waals surface area (Å²) in [5.74, 6) is 2.33. The quantitative estimate of drug-likeness (QED) is 0.924. The van der Waals surface area contributed by atoms with Crippen LogP contribution >= 0.6 is 23.1 Å². The molecule has 3 heterocycles. The third-order valence-corrected chi connectivity index (χ3v) is 5.53. The first kappa shape index (κ1) is 13.1. The molecule has 3 rings (SSSR count). The number of hydrogen-bond donors (Lipinski definition) is 1. The van der Waals surface area contributed by atoms with E-state index in [1.807, 2.05) is 23.5 Å². The molecule has 1 atom stereocenters. The molecule has 102 valence electrons. The molecule has 0 radical (unpaired) electrons. The van der Waals surface area contributed by atoms with E-state index in [0.29, 0.717) is 6.04 Å². The molecule has 19 heavy (non-hydrogen) atoms. The molecule has 0 spiro atoms. The average molecular weight is 294 g/mol. The second kappa shape index (κ2) is 5.26. The molecule has 0 amide bonds. The normalized spacial score (nSPS) is 19.8. The number of thioether (sulfide) groups is 1. The minimum absolute atomic E-state index is 0.412. The van der Waals surface area contributed by atoms with Crippen LogP contribution in [0.3, 0.4) is 0 Å². The number of aryl methyl sites for hydroxylation is 2. The van der Waals surface area contributed by atoms with Crippen LogP contribution in [0.15, 0.2) is 5.38 Å². The zero-order chi connectivity index (χ0) is 13.4. The van der Waals surface area contributed by atoms with E-state index in [1.54, 1.807) is 11.3 Å². The van der Waals surface area contributed by atoms with Crippen LogP contribution in [-0.2, 0) is 7.05 Å². The minimum atomic E-state index is 0.412. The van der Waals surface area contributed by atoms with Crippen LogP contribution in [0.4, 0.5) is 0 Å². The van der Waals surface area contributed by atoms with Gasteiger partial charge in [0.1, 0.15) is 5.01 Å². The maximum atomic E-state index is 4.83. The van der Waals surface area contributed by atoms with Crippen molar-refractivity contribution in [2.45, 2.75) is 19.9 Å². The van der Waals surface area contributed by atoms with Gasteiger partial charge in [0, 0.05) is 41.7 Å². The summed E-state index contributed by atoms with van der Waals surface area (Å²) in [5.41, 5.74) is 4.50. The summed E-state index contributed by atoms with van der Waals surface area (Å²) >= 11 is 3.75. The molecule has 0 aromatic carbocycles. The number of nitrogens with zero attached hydrogens (tertiary/aromatic N) is 3. The molecule has 1 aliphatic rings. The van der Waals surface area contributed by atoms with E-state index in [4.69, 9.17) is 4.98 Å². The van der Waals surface area contributed by atoms with Crippen LogP contribution in [0.5, 0.6) is 0 Å². The fourth-order valence-corrected chi connectivity index (χ4v) is 4.36. The Labute approximate surface area is 121 Å². The summed E-state index contributed by atoms with van der Waals surface area (Å²) in [5, 5.41) is 11.4. The maximum absolute atomic E-state index is 4.83. The van der Waals surface area contributed by atoms with Crippen LogP contribution in [0.2, 0.25) is 0 Å². The Kier molecular flexibility index (Phi) is 3.64. The van der Waals surface area contributed by atoms with Gasteiger partial charge in [-0.05, 0) is 13.8 Å². The number of rotatable bonds is 2. The fraction of sp³-hybridized carbons (Fsp3) is 0.538. The SMILES string of the molecule is Cc1nn(C)c(C)c1-c1csc(C2CSCCN2)n1. The van der Waals surface area contributed by atoms with Crippen molar-refractivity contribution < 1.29 is 0 Å². The second-order valence-corrected chi connectivity index (χ2v) is 6.86. The second-order valence-electron chi connectivity index (χ2n) is 4.82. The molecular formula is C13H18N4S2. The van der Waals surface area contributed by atoms with Gasteiger partial charge in [0.2, 0.25) is 0 Å². The van der Waals surface area contributed by atoms with Crippen molar-refractivity contribution in [3.8, 4) is 11.3 Å².